The zero-order valence-corrected chi connectivity index (χ0v) is 14.7. The van der Waals surface area contributed by atoms with Crippen molar-refractivity contribution in [2.75, 3.05) is 19.0 Å². The number of rotatable bonds is 7. The lowest BCUT2D eigenvalue weighted by molar-refractivity contribution is 0.189. The van der Waals surface area contributed by atoms with Gasteiger partial charge in [0.1, 0.15) is 11.5 Å². The number of nitrogens with one attached hydrogen (secondary N) is 2. The lowest BCUT2D eigenvalue weighted by Gasteiger charge is -2.16. The summed E-state index contributed by atoms with van der Waals surface area (Å²) in [6.45, 7) is 5.01. The van der Waals surface area contributed by atoms with Crippen molar-refractivity contribution in [2.45, 2.75) is 32.9 Å². The maximum absolute atomic E-state index is 12.2. The first kappa shape index (κ1) is 18.2. The van der Waals surface area contributed by atoms with Crippen LogP contribution in [0, 0.1) is 6.92 Å². The summed E-state index contributed by atoms with van der Waals surface area (Å²) in [6, 6.07) is 2.69. The highest BCUT2D eigenvalue weighted by Crippen LogP contribution is 2.16. The molecule has 2 aromatic rings. The van der Waals surface area contributed by atoms with E-state index in [9.17, 15) is 4.79 Å². The summed E-state index contributed by atoms with van der Waals surface area (Å²) in [4.78, 5) is 16.3. The van der Waals surface area contributed by atoms with Gasteiger partial charge in [0.05, 0.1) is 17.4 Å². The van der Waals surface area contributed by atoms with E-state index in [4.69, 9.17) is 16.3 Å². The van der Waals surface area contributed by atoms with Gasteiger partial charge in [0, 0.05) is 20.3 Å². The van der Waals surface area contributed by atoms with Crippen molar-refractivity contribution >= 4 is 23.3 Å². The van der Waals surface area contributed by atoms with Crippen LogP contribution in [0.25, 0.3) is 0 Å². The minimum atomic E-state index is -0.346. The SMILES string of the molecule is COCCCn1cnnc1[C@H](C)NC(=O)Nc1ccc(Cl)nc1C. The van der Waals surface area contributed by atoms with Crippen molar-refractivity contribution < 1.29 is 9.53 Å². The highest BCUT2D eigenvalue weighted by atomic mass is 35.5. The zero-order chi connectivity index (χ0) is 17.5. The molecule has 2 aromatic heterocycles. The molecule has 0 radical (unpaired) electrons. The number of carbonyl (C=O) groups is 1. The van der Waals surface area contributed by atoms with Gasteiger partial charge < -0.3 is 19.9 Å². The van der Waals surface area contributed by atoms with Crippen molar-refractivity contribution in [3.05, 3.63) is 35.1 Å². The van der Waals surface area contributed by atoms with E-state index >= 15 is 0 Å². The number of amides is 2. The molecule has 9 heteroatoms. The number of ether oxygens (including phenoxy) is 1. The van der Waals surface area contributed by atoms with Gasteiger partial charge in [-0.3, -0.25) is 0 Å². The first-order valence-corrected chi connectivity index (χ1v) is 7.96. The van der Waals surface area contributed by atoms with Gasteiger partial charge in [0.25, 0.3) is 0 Å². The number of carbonyl (C=O) groups excluding carboxylic acids is 1. The molecule has 0 saturated heterocycles. The monoisotopic (exact) mass is 352 g/mol. The summed E-state index contributed by atoms with van der Waals surface area (Å²) in [6.07, 6.45) is 2.49. The van der Waals surface area contributed by atoms with Crippen LogP contribution in [0.3, 0.4) is 0 Å². The summed E-state index contributed by atoms with van der Waals surface area (Å²) in [7, 11) is 1.66. The molecule has 0 aromatic carbocycles. The number of aryl methyl sites for hydroxylation is 2. The first-order chi connectivity index (χ1) is 11.5. The minimum Gasteiger partial charge on any atom is -0.385 e. The van der Waals surface area contributed by atoms with E-state index in [1.807, 2.05) is 11.5 Å². The molecule has 0 spiro atoms. The molecule has 24 heavy (non-hydrogen) atoms. The van der Waals surface area contributed by atoms with Gasteiger partial charge in [0.2, 0.25) is 0 Å². The molecule has 2 amide bonds. The van der Waals surface area contributed by atoms with Crippen LogP contribution in [0.15, 0.2) is 18.5 Å². The third-order valence-corrected chi connectivity index (χ3v) is 3.64. The molecule has 2 rings (SSSR count). The quantitative estimate of drug-likeness (QED) is 0.590. The number of hydrogen-bond acceptors (Lipinski definition) is 5. The van der Waals surface area contributed by atoms with Crippen LogP contribution < -0.4 is 10.6 Å². The smallest absolute Gasteiger partial charge is 0.319 e. The van der Waals surface area contributed by atoms with E-state index in [0.29, 0.717) is 29.0 Å². The molecule has 0 saturated carbocycles. The Morgan fingerprint density at radius 1 is 1.46 bits per heavy atom. The van der Waals surface area contributed by atoms with Crippen molar-refractivity contribution in [3.8, 4) is 0 Å². The Morgan fingerprint density at radius 3 is 2.96 bits per heavy atom. The summed E-state index contributed by atoms with van der Waals surface area (Å²) >= 11 is 5.81. The van der Waals surface area contributed by atoms with Crippen LogP contribution in [0.5, 0.6) is 0 Å². The fraction of sp³-hybridized carbons (Fsp3) is 0.467. The van der Waals surface area contributed by atoms with Crippen LogP contribution in [0.1, 0.15) is 30.9 Å². The molecular formula is C15H21ClN6O2. The summed E-state index contributed by atoms with van der Waals surface area (Å²) in [5, 5.41) is 14.0. The molecule has 0 fully saturated rings. The second kappa shape index (κ2) is 8.60. The van der Waals surface area contributed by atoms with Crippen molar-refractivity contribution in [3.63, 3.8) is 0 Å². The highest BCUT2D eigenvalue weighted by Gasteiger charge is 2.16. The molecule has 0 bridgehead atoms. The number of aromatic nitrogens is 4. The molecule has 0 unspecified atom stereocenters. The number of halogens is 1. The number of pyridine rings is 1. The maximum atomic E-state index is 12.2. The van der Waals surface area contributed by atoms with E-state index in [1.165, 1.54) is 0 Å². The Hall–Kier alpha value is -2.19. The largest absolute Gasteiger partial charge is 0.385 e. The fourth-order valence-corrected chi connectivity index (χ4v) is 2.42. The summed E-state index contributed by atoms with van der Waals surface area (Å²) in [5.74, 6) is 0.687. The standard InChI is InChI=1S/C15H21ClN6O2/c1-10-12(5-6-13(16)18-10)20-15(23)19-11(2)14-21-17-9-22(14)7-4-8-24-3/h5-6,9,11H,4,7-8H2,1-3H3,(H2,19,20,23)/t11-/m0/s1. The van der Waals surface area contributed by atoms with E-state index in [2.05, 4.69) is 25.8 Å². The van der Waals surface area contributed by atoms with E-state index in [0.717, 1.165) is 13.0 Å². The topological polar surface area (TPSA) is 94.0 Å². The molecule has 2 heterocycles. The van der Waals surface area contributed by atoms with E-state index in [-0.39, 0.29) is 12.1 Å². The maximum Gasteiger partial charge on any atom is 0.319 e. The molecule has 2 N–H and O–H groups in total. The van der Waals surface area contributed by atoms with Crippen molar-refractivity contribution in [1.82, 2.24) is 25.1 Å². The number of methoxy groups -OCH3 is 1. The Bertz CT molecular complexity index is 690. The number of urea groups is 1. The van der Waals surface area contributed by atoms with Gasteiger partial charge in [-0.15, -0.1) is 10.2 Å². The predicted octanol–water partition coefficient (Wildman–Crippen LogP) is 2.55. The van der Waals surface area contributed by atoms with Crippen molar-refractivity contribution in [2.24, 2.45) is 0 Å². The first-order valence-electron chi connectivity index (χ1n) is 7.58. The van der Waals surface area contributed by atoms with E-state index < -0.39 is 0 Å². The number of anilines is 1. The Morgan fingerprint density at radius 2 is 2.25 bits per heavy atom. The van der Waals surface area contributed by atoms with Crippen molar-refractivity contribution in [1.29, 1.82) is 0 Å². The van der Waals surface area contributed by atoms with Crippen LogP contribution in [-0.4, -0.2) is 39.5 Å². The normalized spacial score (nSPS) is 12.0. The molecular weight excluding hydrogens is 332 g/mol. The summed E-state index contributed by atoms with van der Waals surface area (Å²) < 4.78 is 6.94. The molecule has 130 valence electrons. The Kier molecular flexibility index (Phi) is 6.51. The molecule has 0 aliphatic rings. The van der Waals surface area contributed by atoms with Gasteiger partial charge in [-0.1, -0.05) is 11.6 Å². The highest BCUT2D eigenvalue weighted by molar-refractivity contribution is 6.29. The number of nitrogens with zero attached hydrogens (tertiary/aromatic N) is 4. The van der Waals surface area contributed by atoms with Gasteiger partial charge >= 0.3 is 6.03 Å². The zero-order valence-electron chi connectivity index (χ0n) is 13.9. The average Bonchev–Trinajstić information content (AvgIpc) is 2.99. The lowest BCUT2D eigenvalue weighted by Crippen LogP contribution is -2.33. The molecule has 8 nitrogen and oxygen atoms in total. The third kappa shape index (κ3) is 4.90. The van der Waals surface area contributed by atoms with Gasteiger partial charge in [0.15, 0.2) is 5.82 Å². The number of hydrogen-bond donors (Lipinski definition) is 2. The molecule has 0 aliphatic heterocycles. The lowest BCUT2D eigenvalue weighted by atomic mass is 10.3. The molecule has 0 aliphatic carbocycles. The Labute approximate surface area is 145 Å². The predicted molar refractivity (Wildman–Crippen MR) is 91.1 cm³/mol. The van der Waals surface area contributed by atoms with Crippen LogP contribution in [-0.2, 0) is 11.3 Å². The van der Waals surface area contributed by atoms with Gasteiger partial charge in [-0.2, -0.15) is 0 Å². The van der Waals surface area contributed by atoms with Gasteiger partial charge in [-0.05, 0) is 32.4 Å². The van der Waals surface area contributed by atoms with Crippen LogP contribution in [0.4, 0.5) is 10.5 Å². The minimum absolute atomic E-state index is 0.296. The second-order valence-corrected chi connectivity index (χ2v) is 5.70. The second-order valence-electron chi connectivity index (χ2n) is 5.32. The third-order valence-electron chi connectivity index (χ3n) is 3.43. The molecule has 1 atom stereocenters. The van der Waals surface area contributed by atoms with Crippen LogP contribution in [0.2, 0.25) is 5.15 Å². The Balaban J connectivity index is 1.95. The fourth-order valence-electron chi connectivity index (χ4n) is 2.23. The summed E-state index contributed by atoms with van der Waals surface area (Å²) in [5.41, 5.74) is 1.25. The van der Waals surface area contributed by atoms with Crippen LogP contribution >= 0.6 is 11.6 Å². The van der Waals surface area contributed by atoms with E-state index in [1.54, 1.807) is 32.5 Å². The van der Waals surface area contributed by atoms with Gasteiger partial charge in [-0.25, -0.2) is 9.78 Å². The average molecular weight is 353 g/mol.